The van der Waals surface area contributed by atoms with Crippen molar-refractivity contribution in [2.75, 3.05) is 6.54 Å². The van der Waals surface area contributed by atoms with Gasteiger partial charge in [-0.3, -0.25) is 4.79 Å². The fourth-order valence-electron chi connectivity index (χ4n) is 1.26. The third-order valence-electron chi connectivity index (χ3n) is 2.39. The van der Waals surface area contributed by atoms with Gasteiger partial charge in [0.15, 0.2) is 0 Å². The van der Waals surface area contributed by atoms with Crippen molar-refractivity contribution >= 4 is 17.5 Å². The molecule has 1 unspecified atom stereocenters. The van der Waals surface area contributed by atoms with E-state index in [1.54, 1.807) is 24.3 Å². The van der Waals surface area contributed by atoms with Crippen LogP contribution in [-0.2, 0) is 4.79 Å². The second-order valence-electron chi connectivity index (χ2n) is 5.03. The van der Waals surface area contributed by atoms with Gasteiger partial charge in [0.1, 0.15) is 0 Å². The van der Waals surface area contributed by atoms with E-state index in [1.165, 1.54) is 0 Å². The van der Waals surface area contributed by atoms with Gasteiger partial charge in [-0.1, -0.05) is 44.5 Å². The molecule has 0 spiro atoms. The molecular formula is C13H18ClNO2. The molecular weight excluding hydrogens is 238 g/mol. The molecule has 17 heavy (non-hydrogen) atoms. The van der Waals surface area contributed by atoms with Crippen LogP contribution in [0, 0.1) is 5.41 Å². The standard InChI is InChI=1S/C13H18ClNO2/c1-13(2,3)12(17)15-8-11(16)9-4-6-10(14)7-5-9/h4-7,11,16H,8H2,1-3H3,(H,15,17). The minimum absolute atomic E-state index is 0.0782. The topological polar surface area (TPSA) is 49.3 Å². The molecule has 0 fully saturated rings. The first-order chi connectivity index (χ1) is 7.80. The number of benzene rings is 1. The lowest BCUT2D eigenvalue weighted by molar-refractivity contribution is -0.128. The van der Waals surface area contributed by atoms with Crippen molar-refractivity contribution in [2.24, 2.45) is 5.41 Å². The lowest BCUT2D eigenvalue weighted by Crippen LogP contribution is -2.37. The predicted octanol–water partition coefficient (Wildman–Crippen LogP) is 2.54. The molecule has 0 aliphatic rings. The van der Waals surface area contributed by atoms with Gasteiger partial charge in [-0.15, -0.1) is 0 Å². The van der Waals surface area contributed by atoms with Gasteiger partial charge in [0.2, 0.25) is 5.91 Å². The van der Waals surface area contributed by atoms with Gasteiger partial charge in [0, 0.05) is 17.0 Å². The molecule has 0 heterocycles. The van der Waals surface area contributed by atoms with E-state index in [1.807, 2.05) is 20.8 Å². The van der Waals surface area contributed by atoms with Crippen LogP contribution in [0.5, 0.6) is 0 Å². The van der Waals surface area contributed by atoms with Crippen LogP contribution < -0.4 is 5.32 Å². The van der Waals surface area contributed by atoms with Gasteiger partial charge in [0.05, 0.1) is 6.10 Å². The van der Waals surface area contributed by atoms with E-state index in [2.05, 4.69) is 5.32 Å². The summed E-state index contributed by atoms with van der Waals surface area (Å²) in [6.07, 6.45) is -0.710. The van der Waals surface area contributed by atoms with Crippen molar-refractivity contribution in [3.8, 4) is 0 Å². The zero-order valence-electron chi connectivity index (χ0n) is 10.3. The highest BCUT2D eigenvalue weighted by Gasteiger charge is 2.21. The van der Waals surface area contributed by atoms with Gasteiger partial charge in [0.25, 0.3) is 0 Å². The number of rotatable bonds is 3. The molecule has 1 rings (SSSR count). The lowest BCUT2D eigenvalue weighted by Gasteiger charge is -2.19. The maximum absolute atomic E-state index is 11.6. The van der Waals surface area contributed by atoms with Crippen molar-refractivity contribution in [2.45, 2.75) is 26.9 Å². The summed E-state index contributed by atoms with van der Waals surface area (Å²) >= 11 is 5.75. The average molecular weight is 256 g/mol. The summed E-state index contributed by atoms with van der Waals surface area (Å²) < 4.78 is 0. The highest BCUT2D eigenvalue weighted by atomic mass is 35.5. The molecule has 0 saturated heterocycles. The van der Waals surface area contributed by atoms with Crippen molar-refractivity contribution in [1.29, 1.82) is 0 Å². The van der Waals surface area contributed by atoms with Crippen molar-refractivity contribution in [1.82, 2.24) is 5.32 Å². The predicted molar refractivity (Wildman–Crippen MR) is 68.9 cm³/mol. The molecule has 94 valence electrons. The van der Waals surface area contributed by atoms with E-state index < -0.39 is 11.5 Å². The minimum Gasteiger partial charge on any atom is -0.387 e. The molecule has 1 atom stereocenters. The molecule has 0 bridgehead atoms. The fourth-order valence-corrected chi connectivity index (χ4v) is 1.38. The highest BCUT2D eigenvalue weighted by molar-refractivity contribution is 6.30. The van der Waals surface area contributed by atoms with E-state index >= 15 is 0 Å². The van der Waals surface area contributed by atoms with Crippen molar-refractivity contribution < 1.29 is 9.90 Å². The van der Waals surface area contributed by atoms with E-state index in [0.29, 0.717) is 5.02 Å². The number of carbonyl (C=O) groups excluding carboxylic acids is 1. The van der Waals surface area contributed by atoms with Crippen molar-refractivity contribution in [3.05, 3.63) is 34.9 Å². The van der Waals surface area contributed by atoms with E-state index in [-0.39, 0.29) is 12.5 Å². The van der Waals surface area contributed by atoms with Gasteiger partial charge in [-0.05, 0) is 17.7 Å². The summed E-state index contributed by atoms with van der Waals surface area (Å²) in [4.78, 5) is 11.6. The summed E-state index contributed by atoms with van der Waals surface area (Å²) in [5, 5.41) is 13.2. The number of halogens is 1. The third kappa shape index (κ3) is 4.36. The van der Waals surface area contributed by atoms with Crippen LogP contribution in [0.15, 0.2) is 24.3 Å². The quantitative estimate of drug-likeness (QED) is 0.872. The van der Waals surface area contributed by atoms with Crippen LogP contribution in [-0.4, -0.2) is 17.6 Å². The first-order valence-electron chi connectivity index (χ1n) is 5.52. The first-order valence-corrected chi connectivity index (χ1v) is 5.90. The Balaban J connectivity index is 2.53. The summed E-state index contributed by atoms with van der Waals surface area (Å²) in [6, 6.07) is 6.92. The zero-order valence-corrected chi connectivity index (χ0v) is 11.1. The maximum atomic E-state index is 11.6. The Morgan fingerprint density at radius 3 is 2.35 bits per heavy atom. The first kappa shape index (κ1) is 14.0. The number of aliphatic hydroxyl groups is 1. The molecule has 0 aliphatic carbocycles. The van der Waals surface area contributed by atoms with E-state index in [4.69, 9.17) is 11.6 Å². The molecule has 1 aromatic rings. The van der Waals surface area contributed by atoms with Gasteiger partial charge in [-0.2, -0.15) is 0 Å². The van der Waals surface area contributed by atoms with E-state index in [9.17, 15) is 9.90 Å². The second kappa shape index (κ2) is 5.52. The lowest BCUT2D eigenvalue weighted by atomic mass is 9.95. The smallest absolute Gasteiger partial charge is 0.225 e. The molecule has 0 saturated carbocycles. The number of carbonyl (C=O) groups is 1. The molecule has 1 amide bonds. The average Bonchev–Trinajstić information content (AvgIpc) is 2.25. The summed E-state index contributed by atoms with van der Waals surface area (Å²) in [6.45, 7) is 5.70. The normalized spacial score (nSPS) is 13.2. The number of hydrogen-bond donors (Lipinski definition) is 2. The molecule has 0 radical (unpaired) electrons. The van der Waals surface area contributed by atoms with Crippen LogP contribution in [0.4, 0.5) is 0 Å². The Labute approximate surface area is 107 Å². The Morgan fingerprint density at radius 1 is 1.35 bits per heavy atom. The van der Waals surface area contributed by atoms with Crippen LogP contribution in [0.2, 0.25) is 5.02 Å². The van der Waals surface area contributed by atoms with Gasteiger partial charge in [-0.25, -0.2) is 0 Å². The Morgan fingerprint density at radius 2 is 1.88 bits per heavy atom. The summed E-state index contributed by atoms with van der Waals surface area (Å²) in [5.74, 6) is -0.0782. The SMILES string of the molecule is CC(C)(C)C(=O)NCC(O)c1ccc(Cl)cc1. The molecule has 1 aromatic carbocycles. The Kier molecular flexibility index (Phi) is 4.54. The maximum Gasteiger partial charge on any atom is 0.225 e. The third-order valence-corrected chi connectivity index (χ3v) is 2.64. The Hall–Kier alpha value is -1.06. The van der Waals surface area contributed by atoms with Crippen LogP contribution in [0.3, 0.4) is 0 Å². The van der Waals surface area contributed by atoms with Gasteiger partial charge >= 0.3 is 0 Å². The van der Waals surface area contributed by atoms with Crippen LogP contribution in [0.25, 0.3) is 0 Å². The number of hydrogen-bond acceptors (Lipinski definition) is 2. The monoisotopic (exact) mass is 255 g/mol. The number of aliphatic hydroxyl groups excluding tert-OH is 1. The summed E-state index contributed by atoms with van der Waals surface area (Å²) in [7, 11) is 0. The molecule has 4 heteroatoms. The highest BCUT2D eigenvalue weighted by Crippen LogP contribution is 2.17. The van der Waals surface area contributed by atoms with Crippen LogP contribution in [0.1, 0.15) is 32.4 Å². The van der Waals surface area contributed by atoms with Crippen molar-refractivity contribution in [3.63, 3.8) is 0 Å². The van der Waals surface area contributed by atoms with Crippen LogP contribution >= 0.6 is 11.6 Å². The molecule has 2 N–H and O–H groups in total. The zero-order chi connectivity index (χ0) is 13.1. The molecule has 0 aromatic heterocycles. The fraction of sp³-hybridized carbons (Fsp3) is 0.462. The summed E-state index contributed by atoms with van der Waals surface area (Å²) in [5.41, 5.74) is 0.295. The molecule has 3 nitrogen and oxygen atoms in total. The molecule has 0 aliphatic heterocycles. The minimum atomic E-state index is -0.710. The number of nitrogens with one attached hydrogen (secondary N) is 1. The largest absolute Gasteiger partial charge is 0.387 e. The van der Waals surface area contributed by atoms with Gasteiger partial charge < -0.3 is 10.4 Å². The van der Waals surface area contributed by atoms with E-state index in [0.717, 1.165) is 5.56 Å². The second-order valence-corrected chi connectivity index (χ2v) is 5.46. The number of amides is 1. The Bertz CT molecular complexity index is 381.